The van der Waals surface area contributed by atoms with Crippen LogP contribution in [0.5, 0.6) is 0 Å². The van der Waals surface area contributed by atoms with Crippen LogP contribution < -0.4 is 0 Å². The molecule has 1 aliphatic carbocycles. The number of carbonyl (C=O) groups is 2. The van der Waals surface area contributed by atoms with Crippen LogP contribution in [0.4, 0.5) is 0 Å². The Hall–Kier alpha value is -1.10. The van der Waals surface area contributed by atoms with Crippen molar-refractivity contribution in [2.45, 2.75) is 39.5 Å². The Bertz CT molecular complexity index is 302. The summed E-state index contributed by atoms with van der Waals surface area (Å²) < 4.78 is 5.26. The summed E-state index contributed by atoms with van der Waals surface area (Å²) in [6, 6.07) is 0. The maximum Gasteiger partial charge on any atom is 0.308 e. The molecular weight excluding hydrogens is 246 g/mol. The minimum atomic E-state index is -0.851. The van der Waals surface area contributed by atoms with Crippen LogP contribution in [0.3, 0.4) is 0 Å². The van der Waals surface area contributed by atoms with Gasteiger partial charge in [-0.05, 0) is 26.2 Å². The van der Waals surface area contributed by atoms with E-state index in [0.29, 0.717) is 26.3 Å². The lowest BCUT2D eigenvalue weighted by Crippen LogP contribution is -2.43. The van der Waals surface area contributed by atoms with Crippen molar-refractivity contribution in [3.8, 4) is 0 Å². The molecule has 1 N–H and O–H groups in total. The fourth-order valence-electron chi connectivity index (χ4n) is 2.12. The van der Waals surface area contributed by atoms with Gasteiger partial charge in [0.1, 0.15) is 0 Å². The molecule has 0 bridgehead atoms. The lowest BCUT2D eigenvalue weighted by Gasteiger charge is -2.32. The summed E-state index contributed by atoms with van der Waals surface area (Å²) in [5.74, 6) is -1.13. The van der Waals surface area contributed by atoms with Gasteiger partial charge in [-0.15, -0.1) is 0 Å². The standard InChI is InChI=1S/C14H25NO4/c1-3-19-9-5-8-15(10-11(2)14(17)18)13(16)12-6-4-7-12/h11-12H,3-10H2,1-2H3,(H,17,18). The van der Waals surface area contributed by atoms with Gasteiger partial charge in [-0.3, -0.25) is 9.59 Å². The smallest absolute Gasteiger partial charge is 0.308 e. The minimum absolute atomic E-state index is 0.119. The fraction of sp³-hybridized carbons (Fsp3) is 0.857. The predicted molar refractivity (Wildman–Crippen MR) is 71.8 cm³/mol. The molecule has 0 heterocycles. The number of hydrogen-bond donors (Lipinski definition) is 1. The molecule has 0 aromatic carbocycles. The van der Waals surface area contributed by atoms with Gasteiger partial charge in [-0.1, -0.05) is 13.3 Å². The number of ether oxygens (including phenoxy) is 1. The molecule has 1 aliphatic rings. The highest BCUT2D eigenvalue weighted by Crippen LogP contribution is 2.28. The normalized spacial score (nSPS) is 16.7. The van der Waals surface area contributed by atoms with E-state index in [4.69, 9.17) is 9.84 Å². The van der Waals surface area contributed by atoms with E-state index in [9.17, 15) is 9.59 Å². The average Bonchev–Trinajstić information content (AvgIpc) is 2.30. The number of carbonyl (C=O) groups excluding carboxylic acids is 1. The quantitative estimate of drug-likeness (QED) is 0.649. The molecule has 0 aromatic rings. The largest absolute Gasteiger partial charge is 0.481 e. The van der Waals surface area contributed by atoms with Crippen molar-refractivity contribution in [3.05, 3.63) is 0 Å². The summed E-state index contributed by atoms with van der Waals surface area (Å²) in [6.07, 6.45) is 3.76. The van der Waals surface area contributed by atoms with Crippen LogP contribution in [0.15, 0.2) is 0 Å². The topological polar surface area (TPSA) is 66.8 Å². The van der Waals surface area contributed by atoms with E-state index in [-0.39, 0.29) is 11.8 Å². The van der Waals surface area contributed by atoms with Crippen LogP contribution in [0.1, 0.15) is 39.5 Å². The Kier molecular flexibility index (Phi) is 6.84. The van der Waals surface area contributed by atoms with Crippen molar-refractivity contribution in [2.75, 3.05) is 26.3 Å². The van der Waals surface area contributed by atoms with Crippen molar-refractivity contribution in [1.82, 2.24) is 4.90 Å². The maximum absolute atomic E-state index is 12.2. The first-order chi connectivity index (χ1) is 9.06. The zero-order valence-electron chi connectivity index (χ0n) is 11.9. The number of hydrogen-bond acceptors (Lipinski definition) is 3. The first-order valence-electron chi connectivity index (χ1n) is 7.15. The SMILES string of the molecule is CCOCCCN(CC(C)C(=O)O)C(=O)C1CCC1. The zero-order valence-corrected chi connectivity index (χ0v) is 11.9. The predicted octanol–water partition coefficient (Wildman–Crippen LogP) is 1.76. The van der Waals surface area contributed by atoms with E-state index in [1.54, 1.807) is 11.8 Å². The second-order valence-corrected chi connectivity index (χ2v) is 5.20. The van der Waals surface area contributed by atoms with Crippen molar-refractivity contribution >= 4 is 11.9 Å². The van der Waals surface area contributed by atoms with E-state index >= 15 is 0 Å². The molecule has 5 nitrogen and oxygen atoms in total. The fourth-order valence-corrected chi connectivity index (χ4v) is 2.12. The molecule has 1 rings (SSSR count). The van der Waals surface area contributed by atoms with Crippen LogP contribution in [0.25, 0.3) is 0 Å². The van der Waals surface area contributed by atoms with Crippen molar-refractivity contribution in [3.63, 3.8) is 0 Å². The second kappa shape index (κ2) is 8.15. The van der Waals surface area contributed by atoms with Gasteiger partial charge in [0.2, 0.25) is 5.91 Å². The molecule has 0 saturated heterocycles. The maximum atomic E-state index is 12.2. The highest BCUT2D eigenvalue weighted by molar-refractivity contribution is 5.80. The third-order valence-corrected chi connectivity index (χ3v) is 3.60. The van der Waals surface area contributed by atoms with Gasteiger partial charge in [0.25, 0.3) is 0 Å². The molecule has 0 aliphatic heterocycles. The van der Waals surface area contributed by atoms with E-state index in [1.165, 1.54) is 0 Å². The number of amides is 1. The summed E-state index contributed by atoms with van der Waals surface area (Å²) in [5, 5.41) is 8.97. The van der Waals surface area contributed by atoms with E-state index in [1.807, 2.05) is 6.92 Å². The molecule has 5 heteroatoms. The Labute approximate surface area is 114 Å². The Morgan fingerprint density at radius 2 is 2.11 bits per heavy atom. The van der Waals surface area contributed by atoms with E-state index in [2.05, 4.69) is 0 Å². The Balaban J connectivity index is 2.46. The van der Waals surface area contributed by atoms with Crippen molar-refractivity contribution in [1.29, 1.82) is 0 Å². The number of carboxylic acid groups (broad SMARTS) is 1. The average molecular weight is 271 g/mol. The van der Waals surface area contributed by atoms with Crippen LogP contribution in [0.2, 0.25) is 0 Å². The van der Waals surface area contributed by atoms with E-state index in [0.717, 1.165) is 25.7 Å². The van der Waals surface area contributed by atoms with Gasteiger partial charge in [-0.25, -0.2) is 0 Å². The molecular formula is C14H25NO4. The lowest BCUT2D eigenvalue weighted by molar-refractivity contribution is -0.145. The second-order valence-electron chi connectivity index (χ2n) is 5.20. The van der Waals surface area contributed by atoms with Crippen molar-refractivity contribution in [2.24, 2.45) is 11.8 Å². The molecule has 19 heavy (non-hydrogen) atoms. The first-order valence-corrected chi connectivity index (χ1v) is 7.15. The number of nitrogens with zero attached hydrogens (tertiary/aromatic N) is 1. The van der Waals surface area contributed by atoms with Gasteiger partial charge >= 0.3 is 5.97 Å². The van der Waals surface area contributed by atoms with Gasteiger partial charge in [-0.2, -0.15) is 0 Å². The van der Waals surface area contributed by atoms with Crippen LogP contribution >= 0.6 is 0 Å². The van der Waals surface area contributed by atoms with E-state index < -0.39 is 11.9 Å². The summed E-state index contributed by atoms with van der Waals surface area (Å²) in [7, 11) is 0. The summed E-state index contributed by atoms with van der Waals surface area (Å²) in [4.78, 5) is 24.9. The van der Waals surface area contributed by atoms with Crippen molar-refractivity contribution < 1.29 is 19.4 Å². The van der Waals surface area contributed by atoms with Crippen LogP contribution in [-0.4, -0.2) is 48.2 Å². The highest BCUT2D eigenvalue weighted by atomic mass is 16.5. The number of aliphatic carboxylic acids is 1. The highest BCUT2D eigenvalue weighted by Gasteiger charge is 2.30. The summed E-state index contributed by atoms with van der Waals surface area (Å²) in [5.41, 5.74) is 0. The Morgan fingerprint density at radius 3 is 2.58 bits per heavy atom. The Morgan fingerprint density at radius 1 is 1.42 bits per heavy atom. The molecule has 1 saturated carbocycles. The third-order valence-electron chi connectivity index (χ3n) is 3.60. The van der Waals surface area contributed by atoms with Gasteiger partial charge in [0.15, 0.2) is 0 Å². The minimum Gasteiger partial charge on any atom is -0.481 e. The van der Waals surface area contributed by atoms with Gasteiger partial charge in [0.05, 0.1) is 5.92 Å². The molecule has 1 amide bonds. The third kappa shape index (κ3) is 5.19. The molecule has 0 spiro atoms. The van der Waals surface area contributed by atoms with Gasteiger partial charge < -0.3 is 14.7 Å². The van der Waals surface area contributed by atoms with Crippen LogP contribution in [0, 0.1) is 11.8 Å². The first kappa shape index (κ1) is 16.0. The number of carboxylic acids is 1. The lowest BCUT2D eigenvalue weighted by atomic mass is 9.84. The molecule has 1 fully saturated rings. The molecule has 0 aromatic heterocycles. The zero-order chi connectivity index (χ0) is 14.3. The summed E-state index contributed by atoms with van der Waals surface area (Å²) in [6.45, 7) is 5.76. The van der Waals surface area contributed by atoms with Crippen LogP contribution in [-0.2, 0) is 14.3 Å². The molecule has 110 valence electrons. The molecule has 1 atom stereocenters. The van der Waals surface area contributed by atoms with Gasteiger partial charge in [0, 0.05) is 32.2 Å². The molecule has 0 radical (unpaired) electrons. The monoisotopic (exact) mass is 271 g/mol. The molecule has 1 unspecified atom stereocenters. The number of rotatable bonds is 9. The summed E-state index contributed by atoms with van der Waals surface area (Å²) >= 11 is 0.